The molecule has 2 aromatic rings. The lowest BCUT2D eigenvalue weighted by Gasteiger charge is -2.46. The molecule has 0 saturated carbocycles. The molecule has 0 spiro atoms. The van der Waals surface area contributed by atoms with E-state index in [1.807, 2.05) is 6.07 Å². The average Bonchev–Trinajstić information content (AvgIpc) is 3.10. The van der Waals surface area contributed by atoms with Crippen molar-refractivity contribution in [1.82, 2.24) is 4.98 Å². The first-order chi connectivity index (χ1) is 13.6. The van der Waals surface area contributed by atoms with E-state index in [4.69, 9.17) is 14.2 Å². The summed E-state index contributed by atoms with van der Waals surface area (Å²) < 4.78 is 16.2. The molecule has 6 heteroatoms. The highest BCUT2D eigenvalue weighted by Crippen LogP contribution is 2.41. The van der Waals surface area contributed by atoms with Crippen molar-refractivity contribution in [2.45, 2.75) is 31.9 Å². The number of carbonyl (C=O) groups excluding carboxylic acids is 1. The molecule has 0 aliphatic carbocycles. The number of nitrogens with one attached hydrogen (secondary N) is 2. The molecule has 1 aromatic heterocycles. The molecule has 1 saturated heterocycles. The molecule has 5 atom stereocenters. The zero-order valence-electron chi connectivity index (χ0n) is 16.6. The number of esters is 1. The van der Waals surface area contributed by atoms with E-state index >= 15 is 0 Å². The van der Waals surface area contributed by atoms with Crippen LogP contribution in [0.3, 0.4) is 0 Å². The van der Waals surface area contributed by atoms with Crippen LogP contribution in [0.15, 0.2) is 30.0 Å². The number of aromatic nitrogens is 1. The number of fused-ring (bicyclic) bond motifs is 6. The normalized spacial score (nSPS) is 31.1. The highest BCUT2D eigenvalue weighted by molar-refractivity contribution is 5.89. The average molecular weight is 385 g/mol. The van der Waals surface area contributed by atoms with Crippen LogP contribution >= 0.6 is 0 Å². The molecule has 0 radical (unpaired) electrons. The first kappa shape index (κ1) is 17.6. The Morgan fingerprint density at radius 2 is 2.21 bits per heavy atom. The SMILES string of the molecule is COC(=O)C1=CO[C@H](C)C2C[NH+]3CCc4c([nH]c5cc(OC)ccc45)[C@H]3C[C@@H]12.[HH]. The molecule has 0 bridgehead atoms. The third-order valence-electron chi connectivity index (χ3n) is 7.02. The van der Waals surface area contributed by atoms with Gasteiger partial charge in [-0.25, -0.2) is 4.79 Å². The smallest absolute Gasteiger partial charge is 0.337 e. The van der Waals surface area contributed by atoms with Gasteiger partial charge in [0.1, 0.15) is 17.9 Å². The van der Waals surface area contributed by atoms with Crippen molar-refractivity contribution in [2.75, 3.05) is 27.3 Å². The van der Waals surface area contributed by atoms with Gasteiger partial charge in [-0.15, -0.1) is 0 Å². The Kier molecular flexibility index (Phi) is 4.12. The highest BCUT2D eigenvalue weighted by atomic mass is 16.5. The van der Waals surface area contributed by atoms with Gasteiger partial charge in [-0.3, -0.25) is 0 Å². The van der Waals surface area contributed by atoms with Crippen molar-refractivity contribution in [1.29, 1.82) is 0 Å². The summed E-state index contributed by atoms with van der Waals surface area (Å²) >= 11 is 0. The van der Waals surface area contributed by atoms with Gasteiger partial charge in [0.05, 0.1) is 50.8 Å². The number of H-pyrrole nitrogens is 1. The molecule has 3 aliphatic heterocycles. The number of hydrogen-bond donors (Lipinski definition) is 2. The van der Waals surface area contributed by atoms with E-state index in [1.54, 1.807) is 18.3 Å². The van der Waals surface area contributed by atoms with Crippen LogP contribution in [0.1, 0.15) is 32.1 Å². The second-order valence-corrected chi connectivity index (χ2v) is 8.26. The van der Waals surface area contributed by atoms with Gasteiger partial charge in [-0.2, -0.15) is 0 Å². The number of aromatic amines is 1. The summed E-state index contributed by atoms with van der Waals surface area (Å²) in [6.45, 7) is 4.25. The molecule has 4 heterocycles. The van der Waals surface area contributed by atoms with E-state index in [2.05, 4.69) is 24.0 Å². The lowest BCUT2D eigenvalue weighted by Crippen LogP contribution is -3.15. The van der Waals surface area contributed by atoms with E-state index in [1.165, 1.54) is 23.8 Å². The van der Waals surface area contributed by atoms with Gasteiger partial charge in [0, 0.05) is 37.2 Å². The Bertz CT molecular complexity index is 969. The van der Waals surface area contributed by atoms with Crippen LogP contribution in [0.4, 0.5) is 0 Å². The molecular weight excluding hydrogens is 356 g/mol. The van der Waals surface area contributed by atoms with Gasteiger partial charge in [-0.1, -0.05) is 0 Å². The summed E-state index contributed by atoms with van der Waals surface area (Å²) in [6.07, 6.45) is 3.77. The Hall–Kier alpha value is -2.47. The van der Waals surface area contributed by atoms with Crippen molar-refractivity contribution in [3.63, 3.8) is 0 Å². The largest absolute Gasteiger partial charge is 0.497 e. The summed E-state index contributed by atoms with van der Waals surface area (Å²) in [7, 11) is 3.14. The topological polar surface area (TPSA) is 65.0 Å². The summed E-state index contributed by atoms with van der Waals surface area (Å²) in [5.41, 5.74) is 4.58. The first-order valence-electron chi connectivity index (χ1n) is 10.1. The second-order valence-electron chi connectivity index (χ2n) is 8.26. The maximum absolute atomic E-state index is 12.3. The number of carbonyl (C=O) groups is 1. The molecule has 0 amide bonds. The molecule has 1 aromatic carbocycles. The molecule has 1 fully saturated rings. The maximum Gasteiger partial charge on any atom is 0.337 e. The van der Waals surface area contributed by atoms with Crippen LogP contribution in [0.2, 0.25) is 0 Å². The van der Waals surface area contributed by atoms with E-state index in [-0.39, 0.29) is 19.4 Å². The fourth-order valence-corrected chi connectivity index (χ4v) is 5.55. The van der Waals surface area contributed by atoms with Crippen LogP contribution in [0, 0.1) is 11.8 Å². The van der Waals surface area contributed by atoms with Crippen molar-refractivity contribution in [3.8, 4) is 5.75 Å². The molecule has 2 unspecified atom stereocenters. The minimum absolute atomic E-state index is 0. The fraction of sp³-hybridized carbons (Fsp3) is 0.500. The third kappa shape index (κ3) is 2.54. The van der Waals surface area contributed by atoms with E-state index < -0.39 is 0 Å². The van der Waals surface area contributed by atoms with Crippen molar-refractivity contribution in [3.05, 3.63) is 41.3 Å². The Morgan fingerprint density at radius 1 is 1.36 bits per heavy atom. The number of piperidine rings is 1. The number of hydrogen-bond acceptors (Lipinski definition) is 4. The van der Waals surface area contributed by atoms with Crippen LogP contribution in [0.25, 0.3) is 10.9 Å². The minimum Gasteiger partial charge on any atom is -0.497 e. The van der Waals surface area contributed by atoms with Gasteiger partial charge >= 0.3 is 5.97 Å². The zero-order chi connectivity index (χ0) is 19.4. The predicted molar refractivity (Wildman–Crippen MR) is 106 cm³/mol. The quantitative estimate of drug-likeness (QED) is 0.777. The summed E-state index contributed by atoms with van der Waals surface area (Å²) in [5, 5.41) is 1.29. The van der Waals surface area contributed by atoms with Crippen LogP contribution in [-0.4, -0.2) is 44.4 Å². The molecule has 28 heavy (non-hydrogen) atoms. The van der Waals surface area contributed by atoms with E-state index in [0.717, 1.165) is 37.2 Å². The number of benzene rings is 1. The van der Waals surface area contributed by atoms with Crippen LogP contribution < -0.4 is 9.64 Å². The van der Waals surface area contributed by atoms with Gasteiger partial charge in [0.2, 0.25) is 0 Å². The molecular formula is C22H29N2O4+. The number of ether oxygens (including phenoxy) is 3. The molecule has 3 aliphatic rings. The van der Waals surface area contributed by atoms with Crippen molar-refractivity contribution >= 4 is 16.9 Å². The van der Waals surface area contributed by atoms with Crippen LogP contribution in [0.5, 0.6) is 5.75 Å². The highest BCUT2D eigenvalue weighted by Gasteiger charge is 2.49. The Morgan fingerprint density at radius 3 is 3.00 bits per heavy atom. The van der Waals surface area contributed by atoms with Crippen LogP contribution in [-0.2, 0) is 20.7 Å². The minimum atomic E-state index is -0.261. The lowest BCUT2D eigenvalue weighted by molar-refractivity contribution is -0.944. The standard InChI is InChI=1S/C22H26N2O4.H2/c1-12-17-10-24-7-6-15-14-5-4-13(26-2)8-19(14)23-21(15)20(24)9-16(17)18(11-28-12)22(25)27-3;/h4-5,8,11-12,16-17,20,23H,6-7,9-10H2,1-3H3;1H/p+1/t12-,16-,17?,20-;/m1./s1. The predicted octanol–water partition coefficient (Wildman–Crippen LogP) is 2.02. The zero-order valence-corrected chi connectivity index (χ0v) is 16.6. The second kappa shape index (κ2) is 6.55. The fourth-order valence-electron chi connectivity index (χ4n) is 5.55. The Labute approximate surface area is 165 Å². The van der Waals surface area contributed by atoms with Gasteiger partial charge in [0.25, 0.3) is 0 Å². The monoisotopic (exact) mass is 385 g/mol. The summed E-state index contributed by atoms with van der Waals surface area (Å²) in [6, 6.07) is 6.64. The van der Waals surface area contributed by atoms with Crippen molar-refractivity contribution in [2.24, 2.45) is 11.8 Å². The van der Waals surface area contributed by atoms with Gasteiger partial charge < -0.3 is 24.1 Å². The van der Waals surface area contributed by atoms with Gasteiger partial charge in [0.15, 0.2) is 0 Å². The van der Waals surface area contributed by atoms with Crippen molar-refractivity contribution < 1.29 is 25.3 Å². The molecule has 6 nitrogen and oxygen atoms in total. The number of quaternary nitrogens is 1. The number of rotatable bonds is 2. The molecule has 5 rings (SSSR count). The Balaban J connectivity index is 0.00000205. The number of methoxy groups -OCH3 is 2. The summed E-state index contributed by atoms with van der Waals surface area (Å²) in [4.78, 5) is 17.6. The molecule has 2 N–H and O–H groups in total. The first-order valence-corrected chi connectivity index (χ1v) is 10.1. The summed E-state index contributed by atoms with van der Waals surface area (Å²) in [5.74, 6) is 1.13. The molecule has 150 valence electrons. The van der Waals surface area contributed by atoms with Gasteiger partial charge in [-0.05, 0) is 24.6 Å². The van der Waals surface area contributed by atoms with E-state index in [0.29, 0.717) is 17.5 Å². The lowest BCUT2D eigenvalue weighted by atomic mass is 9.72. The third-order valence-corrected chi connectivity index (χ3v) is 7.02. The maximum atomic E-state index is 12.3. The van der Waals surface area contributed by atoms with E-state index in [9.17, 15) is 4.79 Å².